The molecule has 4 heteroatoms. The van der Waals surface area contributed by atoms with Crippen molar-refractivity contribution in [2.75, 3.05) is 0 Å². The highest BCUT2D eigenvalue weighted by molar-refractivity contribution is 5.97. The molecule has 0 unspecified atom stereocenters. The quantitative estimate of drug-likeness (QED) is 0.612. The normalized spacial score (nSPS) is 10.6. The number of rotatable bonds is 1. The van der Waals surface area contributed by atoms with E-state index in [9.17, 15) is 4.79 Å². The molecule has 0 atom stereocenters. The van der Waals surface area contributed by atoms with Crippen molar-refractivity contribution in [2.24, 2.45) is 0 Å². The fraction of sp³-hybridized carbons (Fsp3) is 0.222. The number of nitrogens with zero attached hydrogens (tertiary/aromatic N) is 3. The highest BCUT2D eigenvalue weighted by Crippen LogP contribution is 2.08. The number of carbonyl (C=O) groups is 1. The highest BCUT2D eigenvalue weighted by Gasteiger charge is 2.08. The summed E-state index contributed by atoms with van der Waals surface area (Å²) in [5, 5.41) is 0. The largest absolute Gasteiger partial charge is 0.303 e. The Hall–Kier alpha value is -1.71. The lowest BCUT2D eigenvalue weighted by atomic mass is 10.3. The summed E-state index contributed by atoms with van der Waals surface area (Å²) in [5.74, 6) is -0.0591. The highest BCUT2D eigenvalue weighted by atomic mass is 16.1. The molecule has 0 bridgehead atoms. The van der Waals surface area contributed by atoms with Crippen molar-refractivity contribution in [3.63, 3.8) is 0 Å². The van der Waals surface area contributed by atoms with E-state index in [4.69, 9.17) is 0 Å². The van der Waals surface area contributed by atoms with E-state index in [-0.39, 0.29) is 5.78 Å². The Morgan fingerprint density at radius 3 is 3.00 bits per heavy atom. The molecule has 66 valence electrons. The smallest absolute Gasteiger partial charge is 0.181 e. The number of hydrogen-bond acceptors (Lipinski definition) is 3. The number of hydrogen-bond donors (Lipinski definition) is 0. The predicted molar refractivity (Wildman–Crippen MR) is 47.7 cm³/mol. The Balaban J connectivity index is 2.82. The second-order valence-corrected chi connectivity index (χ2v) is 2.95. The SMILES string of the molecule is CC(=O)c1nccn2cc(C)nc12. The first-order valence-corrected chi connectivity index (χ1v) is 4.00. The molecular formula is C9H9N3O. The van der Waals surface area contributed by atoms with E-state index in [1.54, 1.807) is 16.8 Å². The second kappa shape index (κ2) is 2.65. The molecule has 2 aromatic rings. The fourth-order valence-corrected chi connectivity index (χ4v) is 1.29. The van der Waals surface area contributed by atoms with Gasteiger partial charge in [0.1, 0.15) is 5.69 Å². The van der Waals surface area contributed by atoms with Crippen LogP contribution in [0.2, 0.25) is 0 Å². The predicted octanol–water partition coefficient (Wildman–Crippen LogP) is 1.24. The van der Waals surface area contributed by atoms with Gasteiger partial charge in [0.25, 0.3) is 0 Å². The van der Waals surface area contributed by atoms with E-state index in [1.165, 1.54) is 6.92 Å². The Morgan fingerprint density at radius 2 is 2.31 bits per heavy atom. The van der Waals surface area contributed by atoms with Gasteiger partial charge in [-0.1, -0.05) is 0 Å². The van der Waals surface area contributed by atoms with Crippen LogP contribution in [-0.2, 0) is 0 Å². The minimum Gasteiger partial charge on any atom is -0.303 e. The minimum atomic E-state index is -0.0591. The summed E-state index contributed by atoms with van der Waals surface area (Å²) in [7, 11) is 0. The van der Waals surface area contributed by atoms with Crippen molar-refractivity contribution in [3.05, 3.63) is 30.0 Å². The number of imidazole rings is 1. The Kier molecular flexibility index (Phi) is 1.62. The standard InChI is InChI=1S/C9H9N3O/c1-6-5-12-4-3-10-8(7(2)13)9(12)11-6/h3-5H,1-2H3. The summed E-state index contributed by atoms with van der Waals surface area (Å²) >= 11 is 0. The number of aryl methyl sites for hydroxylation is 1. The Bertz CT molecular complexity index is 473. The molecule has 13 heavy (non-hydrogen) atoms. The fourth-order valence-electron chi connectivity index (χ4n) is 1.29. The van der Waals surface area contributed by atoms with E-state index < -0.39 is 0 Å². The first-order chi connectivity index (χ1) is 6.18. The molecule has 0 aliphatic carbocycles. The molecule has 0 aromatic carbocycles. The molecule has 2 aromatic heterocycles. The number of ketones is 1. The van der Waals surface area contributed by atoms with Crippen LogP contribution in [0.25, 0.3) is 5.65 Å². The van der Waals surface area contributed by atoms with Gasteiger partial charge in [-0.3, -0.25) is 4.79 Å². The van der Waals surface area contributed by atoms with Gasteiger partial charge < -0.3 is 4.40 Å². The van der Waals surface area contributed by atoms with Crippen molar-refractivity contribution in [2.45, 2.75) is 13.8 Å². The summed E-state index contributed by atoms with van der Waals surface area (Å²) in [4.78, 5) is 19.4. The van der Waals surface area contributed by atoms with Gasteiger partial charge in [-0.05, 0) is 6.92 Å². The van der Waals surface area contributed by atoms with E-state index in [0.717, 1.165) is 5.69 Å². The molecule has 2 rings (SSSR count). The van der Waals surface area contributed by atoms with E-state index in [1.807, 2.05) is 13.1 Å². The van der Waals surface area contributed by atoms with Crippen molar-refractivity contribution in [1.29, 1.82) is 0 Å². The van der Waals surface area contributed by atoms with Crippen LogP contribution < -0.4 is 0 Å². The maximum Gasteiger partial charge on any atom is 0.181 e. The molecule has 0 amide bonds. The van der Waals surface area contributed by atoms with Gasteiger partial charge in [0, 0.05) is 25.5 Å². The first kappa shape index (κ1) is 7.91. The van der Waals surface area contributed by atoms with Crippen LogP contribution in [-0.4, -0.2) is 20.2 Å². The van der Waals surface area contributed by atoms with Crippen LogP contribution in [0.15, 0.2) is 18.6 Å². The molecule has 0 aliphatic rings. The number of aromatic nitrogens is 3. The molecule has 0 radical (unpaired) electrons. The van der Waals surface area contributed by atoms with Gasteiger partial charge in [-0.15, -0.1) is 0 Å². The van der Waals surface area contributed by atoms with Crippen molar-refractivity contribution in [3.8, 4) is 0 Å². The van der Waals surface area contributed by atoms with Crippen LogP contribution in [0.1, 0.15) is 23.1 Å². The summed E-state index contributed by atoms with van der Waals surface area (Å²) < 4.78 is 1.80. The lowest BCUT2D eigenvalue weighted by Gasteiger charge is -1.96. The minimum absolute atomic E-state index is 0.0591. The van der Waals surface area contributed by atoms with Crippen LogP contribution in [0.4, 0.5) is 0 Å². The maximum absolute atomic E-state index is 11.2. The Labute approximate surface area is 75.2 Å². The van der Waals surface area contributed by atoms with Gasteiger partial charge in [0.2, 0.25) is 0 Å². The van der Waals surface area contributed by atoms with E-state index in [0.29, 0.717) is 11.3 Å². The second-order valence-electron chi connectivity index (χ2n) is 2.95. The number of fused-ring (bicyclic) bond motifs is 1. The van der Waals surface area contributed by atoms with Gasteiger partial charge >= 0.3 is 0 Å². The van der Waals surface area contributed by atoms with E-state index in [2.05, 4.69) is 9.97 Å². The first-order valence-electron chi connectivity index (χ1n) is 4.00. The third kappa shape index (κ3) is 1.20. The van der Waals surface area contributed by atoms with Crippen molar-refractivity contribution in [1.82, 2.24) is 14.4 Å². The Morgan fingerprint density at radius 1 is 1.54 bits per heavy atom. The average molecular weight is 175 g/mol. The molecule has 0 aliphatic heterocycles. The molecule has 0 spiro atoms. The maximum atomic E-state index is 11.2. The molecule has 4 nitrogen and oxygen atoms in total. The third-order valence-corrected chi connectivity index (χ3v) is 1.83. The zero-order valence-corrected chi connectivity index (χ0v) is 7.48. The van der Waals surface area contributed by atoms with Crippen LogP contribution in [0.3, 0.4) is 0 Å². The molecule has 0 fully saturated rings. The van der Waals surface area contributed by atoms with Crippen molar-refractivity contribution < 1.29 is 4.79 Å². The lowest BCUT2D eigenvalue weighted by molar-refractivity contribution is 0.101. The number of Topliss-reactive ketones (excluding diaryl/α,β-unsaturated/α-hetero) is 1. The van der Waals surface area contributed by atoms with Crippen LogP contribution in [0, 0.1) is 6.92 Å². The lowest BCUT2D eigenvalue weighted by Crippen LogP contribution is -2.00. The number of carbonyl (C=O) groups excluding carboxylic acids is 1. The monoisotopic (exact) mass is 175 g/mol. The average Bonchev–Trinajstić information content (AvgIpc) is 2.43. The van der Waals surface area contributed by atoms with Crippen LogP contribution in [0.5, 0.6) is 0 Å². The zero-order valence-electron chi connectivity index (χ0n) is 7.48. The summed E-state index contributed by atoms with van der Waals surface area (Å²) in [6, 6.07) is 0. The van der Waals surface area contributed by atoms with Gasteiger partial charge in [-0.2, -0.15) is 0 Å². The molecule has 0 N–H and O–H groups in total. The zero-order chi connectivity index (χ0) is 9.42. The van der Waals surface area contributed by atoms with Gasteiger partial charge in [-0.25, -0.2) is 9.97 Å². The van der Waals surface area contributed by atoms with Crippen molar-refractivity contribution >= 4 is 11.4 Å². The third-order valence-electron chi connectivity index (χ3n) is 1.83. The summed E-state index contributed by atoms with van der Waals surface area (Å²) in [6.07, 6.45) is 5.25. The topological polar surface area (TPSA) is 47.3 Å². The molecule has 0 saturated heterocycles. The van der Waals surface area contributed by atoms with E-state index >= 15 is 0 Å². The van der Waals surface area contributed by atoms with Crippen LogP contribution >= 0.6 is 0 Å². The molecule has 0 saturated carbocycles. The molecular weight excluding hydrogens is 166 g/mol. The van der Waals surface area contributed by atoms with Gasteiger partial charge in [0.15, 0.2) is 11.4 Å². The summed E-state index contributed by atoms with van der Waals surface area (Å²) in [6.45, 7) is 3.38. The van der Waals surface area contributed by atoms with Gasteiger partial charge in [0.05, 0.1) is 5.69 Å². The molecule has 2 heterocycles. The summed E-state index contributed by atoms with van der Waals surface area (Å²) in [5.41, 5.74) is 1.94.